The van der Waals surface area contributed by atoms with Crippen LogP contribution in [0.25, 0.3) is 0 Å². The Morgan fingerprint density at radius 3 is 1.65 bits per heavy atom. The summed E-state index contributed by atoms with van der Waals surface area (Å²) in [6, 6.07) is -1.72. The molecule has 0 fully saturated rings. The number of nitrogens with zero attached hydrogens (tertiary/aromatic N) is 3. The highest BCUT2D eigenvalue weighted by Crippen LogP contribution is 2.31. The van der Waals surface area contributed by atoms with Crippen LogP contribution in [0.4, 0.5) is 11.4 Å². The zero-order valence-corrected chi connectivity index (χ0v) is 10.2. The van der Waals surface area contributed by atoms with Crippen molar-refractivity contribution >= 4 is 11.4 Å². The van der Waals surface area contributed by atoms with Gasteiger partial charge in [-0.25, -0.2) is 4.98 Å². The number of aromatic nitrogens is 1. The molecule has 20 heavy (non-hydrogen) atoms. The van der Waals surface area contributed by atoms with Gasteiger partial charge in [0, 0.05) is 0 Å². The topological polar surface area (TPSA) is 192 Å². The lowest BCUT2D eigenvalue weighted by molar-refractivity contribution is -0.395. The van der Waals surface area contributed by atoms with Crippen molar-refractivity contribution in [3.8, 4) is 0 Å². The Morgan fingerprint density at radius 2 is 1.40 bits per heavy atom. The van der Waals surface area contributed by atoms with E-state index in [0.717, 1.165) is 0 Å². The highest BCUT2D eigenvalue weighted by atomic mass is 16.6. The van der Waals surface area contributed by atoms with E-state index in [2.05, 4.69) is 4.98 Å². The van der Waals surface area contributed by atoms with Crippen LogP contribution in [0, 0.1) is 20.2 Å². The summed E-state index contributed by atoms with van der Waals surface area (Å²) >= 11 is 0. The first-order chi connectivity index (χ1) is 9.33. The number of nitrogens with two attached hydrogens (primary N) is 2. The summed E-state index contributed by atoms with van der Waals surface area (Å²) in [5.41, 5.74) is 8.92. The quantitative estimate of drug-likeness (QED) is 0.370. The molecule has 0 radical (unpaired) electrons. The Hall–Kier alpha value is -2.21. The van der Waals surface area contributed by atoms with Gasteiger partial charge in [-0.1, -0.05) is 0 Å². The minimum atomic E-state index is -1.19. The van der Waals surface area contributed by atoms with Crippen LogP contribution in [0.3, 0.4) is 0 Å². The molecule has 0 saturated carbocycles. The number of hydrogen-bond donors (Lipinski definition) is 4. The van der Waals surface area contributed by atoms with Gasteiger partial charge in [0.1, 0.15) is 11.4 Å². The van der Waals surface area contributed by atoms with Gasteiger partial charge in [0.2, 0.25) is 0 Å². The molecule has 11 nitrogen and oxygen atoms in total. The minimum absolute atomic E-state index is 0.331. The van der Waals surface area contributed by atoms with Crippen molar-refractivity contribution in [2.24, 2.45) is 11.5 Å². The molecule has 1 heterocycles. The lowest BCUT2D eigenvalue weighted by atomic mass is 10.1. The van der Waals surface area contributed by atoms with Crippen molar-refractivity contribution in [3.05, 3.63) is 37.7 Å². The second-order valence-corrected chi connectivity index (χ2v) is 3.89. The maximum atomic E-state index is 10.9. The van der Waals surface area contributed by atoms with Gasteiger partial charge in [0.25, 0.3) is 11.4 Å². The third-order valence-electron chi connectivity index (χ3n) is 2.53. The van der Waals surface area contributed by atoms with E-state index in [9.17, 15) is 20.2 Å². The van der Waals surface area contributed by atoms with Crippen LogP contribution in [0.2, 0.25) is 0 Å². The molecule has 0 aliphatic carbocycles. The number of aliphatic hydroxyl groups excluding tert-OH is 2. The minimum Gasteiger partial charge on any atom is -0.394 e. The predicted octanol–water partition coefficient (Wildman–Crippen LogP) is -1.12. The summed E-state index contributed by atoms with van der Waals surface area (Å²) in [4.78, 5) is 23.7. The van der Waals surface area contributed by atoms with Crippen LogP contribution >= 0.6 is 0 Å². The smallest absolute Gasteiger partial charge is 0.299 e. The van der Waals surface area contributed by atoms with E-state index in [1.807, 2.05) is 0 Å². The fourth-order valence-corrected chi connectivity index (χ4v) is 1.53. The maximum Gasteiger partial charge on any atom is 0.299 e. The number of hydrogen-bond acceptors (Lipinski definition) is 9. The molecule has 110 valence electrons. The Morgan fingerprint density at radius 1 is 1.05 bits per heavy atom. The van der Waals surface area contributed by atoms with Crippen LogP contribution in [0.5, 0.6) is 0 Å². The van der Waals surface area contributed by atoms with E-state index in [1.54, 1.807) is 0 Å². The Labute approximate surface area is 112 Å². The fraction of sp³-hybridized carbons (Fsp3) is 0.444. The summed E-state index contributed by atoms with van der Waals surface area (Å²) < 4.78 is 0. The largest absolute Gasteiger partial charge is 0.394 e. The molecule has 2 atom stereocenters. The molecule has 0 bridgehead atoms. The zero-order valence-electron chi connectivity index (χ0n) is 10.2. The first kappa shape index (κ1) is 15.8. The first-order valence-corrected chi connectivity index (χ1v) is 5.40. The second-order valence-electron chi connectivity index (χ2n) is 3.89. The molecule has 1 aromatic rings. The van der Waals surface area contributed by atoms with Crippen LogP contribution < -0.4 is 11.5 Å². The summed E-state index contributed by atoms with van der Waals surface area (Å²) in [5.74, 6) is 0. The monoisotopic (exact) mass is 287 g/mol. The van der Waals surface area contributed by atoms with Gasteiger partial charge >= 0.3 is 0 Å². The number of aliphatic hydroxyl groups is 2. The van der Waals surface area contributed by atoms with Crippen molar-refractivity contribution < 1.29 is 20.1 Å². The molecule has 0 aliphatic rings. The zero-order chi connectivity index (χ0) is 15.4. The third-order valence-corrected chi connectivity index (χ3v) is 2.53. The van der Waals surface area contributed by atoms with E-state index < -0.39 is 46.5 Å². The van der Waals surface area contributed by atoms with Gasteiger partial charge in [0.05, 0.1) is 41.2 Å². The Kier molecular flexibility index (Phi) is 4.99. The molecule has 0 aliphatic heterocycles. The summed E-state index contributed by atoms with van der Waals surface area (Å²) in [5, 5.41) is 39.7. The molecule has 2 unspecified atom stereocenters. The first-order valence-electron chi connectivity index (χ1n) is 5.40. The van der Waals surface area contributed by atoms with Crippen molar-refractivity contribution in [2.45, 2.75) is 12.1 Å². The lowest BCUT2D eigenvalue weighted by Crippen LogP contribution is -2.23. The average Bonchev–Trinajstić information content (AvgIpc) is 2.43. The molecule has 0 spiro atoms. The molecule has 6 N–H and O–H groups in total. The van der Waals surface area contributed by atoms with E-state index in [1.165, 1.54) is 0 Å². The number of rotatable bonds is 6. The van der Waals surface area contributed by atoms with Gasteiger partial charge in [-0.15, -0.1) is 0 Å². The van der Waals surface area contributed by atoms with Gasteiger partial charge in [0.15, 0.2) is 0 Å². The van der Waals surface area contributed by atoms with Gasteiger partial charge in [-0.05, 0) is 0 Å². The highest BCUT2D eigenvalue weighted by Gasteiger charge is 2.30. The molecule has 1 rings (SSSR count). The summed E-state index contributed by atoms with van der Waals surface area (Å²) in [7, 11) is 0. The summed E-state index contributed by atoms with van der Waals surface area (Å²) in [6.07, 6.45) is 0. The molecule has 11 heteroatoms. The number of nitro groups is 2. The SMILES string of the molecule is NC(CO)c1nc(C(N)CO)c([N+](=O)[O-])cc1[N+](=O)[O-]. The van der Waals surface area contributed by atoms with Gasteiger partial charge in [-0.3, -0.25) is 20.2 Å². The standard InChI is InChI=1S/C9H13N5O6/c10-4(2-15)8-6(13(17)18)1-7(14(19)20)9(12-8)5(11)3-16/h1,4-5,15-16H,2-3,10-11H2. The molecular weight excluding hydrogens is 274 g/mol. The normalized spacial score (nSPS) is 13.8. The Bertz CT molecular complexity index is 493. The van der Waals surface area contributed by atoms with Crippen molar-refractivity contribution in [1.29, 1.82) is 0 Å². The van der Waals surface area contributed by atoms with Crippen LogP contribution in [0.15, 0.2) is 6.07 Å². The lowest BCUT2D eigenvalue weighted by Gasteiger charge is -2.13. The molecular formula is C9H13N5O6. The highest BCUT2D eigenvalue weighted by molar-refractivity contribution is 5.50. The molecule has 0 aromatic carbocycles. The molecule has 0 amide bonds. The fourth-order valence-electron chi connectivity index (χ4n) is 1.53. The van der Waals surface area contributed by atoms with Crippen molar-refractivity contribution in [3.63, 3.8) is 0 Å². The third kappa shape index (κ3) is 3.03. The average molecular weight is 287 g/mol. The van der Waals surface area contributed by atoms with Crippen molar-refractivity contribution in [2.75, 3.05) is 13.2 Å². The summed E-state index contributed by atoms with van der Waals surface area (Å²) in [6.45, 7) is -1.28. The van der Waals surface area contributed by atoms with Gasteiger partial charge < -0.3 is 21.7 Å². The molecule has 1 aromatic heterocycles. The Balaban J connectivity index is 3.59. The van der Waals surface area contributed by atoms with E-state index >= 15 is 0 Å². The predicted molar refractivity (Wildman–Crippen MR) is 65.6 cm³/mol. The second kappa shape index (κ2) is 6.29. The van der Waals surface area contributed by atoms with E-state index in [0.29, 0.717) is 6.07 Å². The van der Waals surface area contributed by atoms with E-state index in [4.69, 9.17) is 21.7 Å². The van der Waals surface area contributed by atoms with E-state index in [-0.39, 0.29) is 11.4 Å². The maximum absolute atomic E-state index is 10.9. The number of pyridine rings is 1. The van der Waals surface area contributed by atoms with Gasteiger partial charge in [-0.2, -0.15) is 0 Å². The van der Waals surface area contributed by atoms with Crippen LogP contribution in [-0.4, -0.2) is 38.3 Å². The molecule has 0 saturated heterocycles. The van der Waals surface area contributed by atoms with Crippen LogP contribution in [0.1, 0.15) is 23.5 Å². The van der Waals surface area contributed by atoms with Crippen molar-refractivity contribution in [1.82, 2.24) is 4.98 Å². The van der Waals surface area contributed by atoms with Crippen LogP contribution in [-0.2, 0) is 0 Å².